The number of hydrogen-bond donors (Lipinski definition) is 1. The van der Waals surface area contributed by atoms with Gasteiger partial charge >= 0.3 is 0 Å². The van der Waals surface area contributed by atoms with Gasteiger partial charge in [-0.1, -0.05) is 133 Å². The van der Waals surface area contributed by atoms with E-state index in [9.17, 15) is 0 Å². The molecule has 12 rings (SSSR count). The lowest BCUT2D eigenvalue weighted by Crippen LogP contribution is -2.33. The van der Waals surface area contributed by atoms with Crippen LogP contribution in [0, 0.1) is 0 Å². The van der Waals surface area contributed by atoms with Crippen LogP contribution in [-0.4, -0.2) is 16.2 Å². The summed E-state index contributed by atoms with van der Waals surface area (Å²) >= 11 is 0. The SMILES string of the molecule is c1ccc(-c2cccc(C3N=C(c4cccc5oc6c(-n7c8ccccc8c8ccccc87)cccc6c45)N=C(c4ccc5c(c4)oc4ccccc45)N3)c2)cc1. The van der Waals surface area contributed by atoms with Crippen molar-refractivity contribution in [3.8, 4) is 16.8 Å². The van der Waals surface area contributed by atoms with Gasteiger partial charge < -0.3 is 18.7 Å². The fourth-order valence-corrected chi connectivity index (χ4v) is 8.66. The van der Waals surface area contributed by atoms with E-state index in [0.29, 0.717) is 11.7 Å². The Hall–Kier alpha value is -7.70. The maximum atomic E-state index is 6.85. The molecular weight excluding hydrogens is 701 g/mol. The lowest BCUT2D eigenvalue weighted by atomic mass is 10.0. The standard InChI is InChI=1S/C51H32N4O2/c1-2-13-31(14-3-1)32-15-10-16-33(29-32)49-52-50(34-27-28-38-37-19-6-9-25-44(37)56-46(38)30-34)54-51(53-49)40-21-12-26-45-47(40)39-20-11-24-43(48(39)57-45)55-41-22-7-4-17-35(41)36-18-5-8-23-42(36)55/h1-30,49H,(H,52,53,54). The van der Waals surface area contributed by atoms with Gasteiger partial charge in [0.1, 0.15) is 28.8 Å². The van der Waals surface area contributed by atoms with Crippen molar-refractivity contribution in [3.05, 3.63) is 199 Å². The van der Waals surface area contributed by atoms with E-state index in [1.54, 1.807) is 0 Å². The van der Waals surface area contributed by atoms with Crippen molar-refractivity contribution < 1.29 is 8.83 Å². The first-order valence-corrected chi connectivity index (χ1v) is 19.2. The van der Waals surface area contributed by atoms with Crippen molar-refractivity contribution in [1.82, 2.24) is 9.88 Å². The predicted molar refractivity (Wildman–Crippen MR) is 233 cm³/mol. The Bertz CT molecular complexity index is 3400. The second kappa shape index (κ2) is 12.4. The number of benzene rings is 8. The van der Waals surface area contributed by atoms with E-state index >= 15 is 0 Å². The number of aliphatic imine (C=N–C) groups is 2. The number of nitrogens with zero attached hydrogens (tertiary/aromatic N) is 3. The zero-order valence-electron chi connectivity index (χ0n) is 30.6. The van der Waals surface area contributed by atoms with E-state index in [1.807, 2.05) is 36.4 Å². The highest BCUT2D eigenvalue weighted by Gasteiger charge is 2.25. The van der Waals surface area contributed by atoms with Crippen LogP contribution in [0.15, 0.2) is 201 Å². The number of para-hydroxylation sites is 4. The second-order valence-electron chi connectivity index (χ2n) is 14.6. The molecule has 0 saturated carbocycles. The lowest BCUT2D eigenvalue weighted by Gasteiger charge is -2.24. The molecule has 0 fully saturated rings. The second-order valence-corrected chi connectivity index (χ2v) is 14.6. The van der Waals surface area contributed by atoms with E-state index in [1.165, 1.54) is 10.8 Å². The Morgan fingerprint density at radius 2 is 1.14 bits per heavy atom. The molecule has 1 aliphatic rings. The summed E-state index contributed by atoms with van der Waals surface area (Å²) in [5.74, 6) is 1.34. The first kappa shape index (κ1) is 31.6. The number of rotatable bonds is 5. The van der Waals surface area contributed by atoms with Crippen LogP contribution in [0.1, 0.15) is 22.9 Å². The summed E-state index contributed by atoms with van der Waals surface area (Å²) in [6.45, 7) is 0. The molecule has 0 saturated heterocycles. The topological polar surface area (TPSA) is 68.0 Å². The van der Waals surface area contributed by atoms with E-state index < -0.39 is 6.17 Å². The first-order valence-electron chi connectivity index (χ1n) is 19.2. The molecule has 6 nitrogen and oxygen atoms in total. The lowest BCUT2D eigenvalue weighted by molar-refractivity contribution is 0.665. The summed E-state index contributed by atoms with van der Waals surface area (Å²) in [6.07, 6.45) is -0.413. The highest BCUT2D eigenvalue weighted by Crippen LogP contribution is 2.40. The van der Waals surface area contributed by atoms with Gasteiger partial charge in [0.05, 0.1) is 16.7 Å². The van der Waals surface area contributed by atoms with Gasteiger partial charge in [-0.2, -0.15) is 0 Å². The van der Waals surface area contributed by atoms with Gasteiger partial charge in [0.25, 0.3) is 0 Å². The number of nitrogens with one attached hydrogen (secondary N) is 1. The van der Waals surface area contributed by atoms with Crippen molar-refractivity contribution in [3.63, 3.8) is 0 Å². The fourth-order valence-electron chi connectivity index (χ4n) is 8.66. The van der Waals surface area contributed by atoms with E-state index in [4.69, 9.17) is 18.8 Å². The minimum absolute atomic E-state index is 0.413. The first-order chi connectivity index (χ1) is 28.2. The van der Waals surface area contributed by atoms with Crippen LogP contribution >= 0.6 is 0 Å². The molecule has 3 aromatic heterocycles. The minimum atomic E-state index is -0.413. The molecule has 1 N–H and O–H groups in total. The molecular formula is C51H32N4O2. The monoisotopic (exact) mass is 732 g/mol. The molecule has 268 valence electrons. The minimum Gasteiger partial charge on any atom is -0.456 e. The molecule has 0 amide bonds. The molecule has 0 aliphatic carbocycles. The summed E-state index contributed by atoms with van der Waals surface area (Å²) < 4.78 is 15.5. The van der Waals surface area contributed by atoms with Crippen LogP contribution in [-0.2, 0) is 0 Å². The van der Waals surface area contributed by atoms with Crippen LogP contribution in [0.2, 0.25) is 0 Å². The number of aromatic nitrogens is 1. The normalized spacial score (nSPS) is 14.5. The van der Waals surface area contributed by atoms with E-state index in [-0.39, 0.29) is 0 Å². The highest BCUT2D eigenvalue weighted by atomic mass is 16.3. The van der Waals surface area contributed by atoms with E-state index in [2.05, 4.69) is 155 Å². The molecule has 1 unspecified atom stereocenters. The van der Waals surface area contributed by atoms with Gasteiger partial charge in [-0.15, -0.1) is 0 Å². The Kier molecular flexibility index (Phi) is 6.89. The zero-order chi connectivity index (χ0) is 37.5. The third-order valence-corrected chi connectivity index (χ3v) is 11.3. The van der Waals surface area contributed by atoms with Gasteiger partial charge in [0.2, 0.25) is 0 Å². The smallest absolute Gasteiger partial charge is 0.160 e. The summed E-state index contributed by atoms with van der Waals surface area (Å²) in [7, 11) is 0. The molecule has 11 aromatic rings. The van der Waals surface area contributed by atoms with Crippen LogP contribution in [0.3, 0.4) is 0 Å². The zero-order valence-corrected chi connectivity index (χ0v) is 30.6. The number of fused-ring (bicyclic) bond motifs is 9. The Labute approximate surface area is 326 Å². The van der Waals surface area contributed by atoms with Gasteiger partial charge in [0.15, 0.2) is 11.4 Å². The summed E-state index contributed by atoms with van der Waals surface area (Å²) in [6, 6.07) is 63.2. The van der Waals surface area contributed by atoms with Gasteiger partial charge in [0, 0.05) is 43.4 Å². The number of amidine groups is 2. The van der Waals surface area contributed by atoms with Crippen LogP contribution in [0.5, 0.6) is 0 Å². The Morgan fingerprint density at radius 3 is 1.98 bits per heavy atom. The number of hydrogen-bond acceptors (Lipinski definition) is 5. The van der Waals surface area contributed by atoms with Crippen molar-refractivity contribution >= 4 is 77.4 Å². The fraction of sp³-hybridized carbons (Fsp3) is 0.0196. The molecule has 6 heteroatoms. The van der Waals surface area contributed by atoms with Gasteiger partial charge in [-0.3, -0.25) is 0 Å². The summed E-state index contributed by atoms with van der Waals surface area (Å²) in [5, 5.41) is 10.2. The molecule has 1 aliphatic heterocycles. The van der Waals surface area contributed by atoms with Crippen molar-refractivity contribution in [2.45, 2.75) is 6.17 Å². The third-order valence-electron chi connectivity index (χ3n) is 11.3. The van der Waals surface area contributed by atoms with Crippen LogP contribution in [0.4, 0.5) is 0 Å². The van der Waals surface area contributed by atoms with Gasteiger partial charge in [-0.05, 0) is 65.2 Å². The van der Waals surface area contributed by atoms with Crippen molar-refractivity contribution in [2.24, 2.45) is 9.98 Å². The van der Waals surface area contributed by atoms with Gasteiger partial charge in [-0.25, -0.2) is 9.98 Å². The van der Waals surface area contributed by atoms with Crippen LogP contribution in [0.25, 0.3) is 82.5 Å². The maximum Gasteiger partial charge on any atom is 0.160 e. The Morgan fingerprint density at radius 1 is 0.474 bits per heavy atom. The third kappa shape index (κ3) is 4.97. The highest BCUT2D eigenvalue weighted by molar-refractivity contribution is 6.23. The summed E-state index contributed by atoms with van der Waals surface area (Å²) in [4.78, 5) is 10.7. The number of furan rings is 2. The Balaban J connectivity index is 1.06. The molecule has 8 aromatic carbocycles. The average molecular weight is 733 g/mol. The van der Waals surface area contributed by atoms with Crippen molar-refractivity contribution in [1.29, 1.82) is 0 Å². The quantitative estimate of drug-likeness (QED) is 0.192. The molecule has 0 radical (unpaired) electrons. The predicted octanol–water partition coefficient (Wildman–Crippen LogP) is 12.7. The largest absolute Gasteiger partial charge is 0.456 e. The summed E-state index contributed by atoms with van der Waals surface area (Å²) in [5.41, 5.74) is 11.6. The molecule has 0 spiro atoms. The van der Waals surface area contributed by atoms with Crippen LogP contribution < -0.4 is 5.32 Å². The average Bonchev–Trinajstić information content (AvgIpc) is 3.96. The maximum absolute atomic E-state index is 6.85. The molecule has 0 bridgehead atoms. The van der Waals surface area contributed by atoms with Crippen molar-refractivity contribution in [2.75, 3.05) is 0 Å². The molecule has 4 heterocycles. The molecule has 1 atom stereocenters. The van der Waals surface area contributed by atoms with E-state index in [0.717, 1.165) is 88.4 Å². The molecule has 57 heavy (non-hydrogen) atoms.